The lowest BCUT2D eigenvalue weighted by atomic mass is 10.4. The predicted octanol–water partition coefficient (Wildman–Crippen LogP) is -2.25. The van der Waals surface area contributed by atoms with E-state index in [1.165, 1.54) is 43.0 Å². The van der Waals surface area contributed by atoms with Gasteiger partial charge in [-0.25, -0.2) is 0 Å². The molecule has 0 heterocycles. The fourth-order valence-electron chi connectivity index (χ4n) is 1.46. The minimum Gasteiger partial charge on any atom is -0.468 e. The third kappa shape index (κ3) is 7.02. The van der Waals surface area contributed by atoms with Crippen LogP contribution in [0.25, 0.3) is 0 Å². The van der Waals surface area contributed by atoms with Gasteiger partial charge in [-0.05, 0) is 7.05 Å². The molecule has 0 saturated heterocycles. The molecule has 0 aliphatic carbocycles. The Kier molecular flexibility index (Phi) is 8.76. The summed E-state index contributed by atoms with van der Waals surface area (Å²) in [5.41, 5.74) is 0. The number of carbonyl (C=O) groups excluding carboxylic acids is 4. The number of esters is 1. The van der Waals surface area contributed by atoms with Crippen molar-refractivity contribution in [1.29, 1.82) is 0 Å². The quantitative estimate of drug-likeness (QED) is 0.508. The number of rotatable bonds is 8. The molecular formula is C13H24N4O5. The normalized spacial score (nSPS) is 9.86. The number of carbonyl (C=O) groups is 4. The van der Waals surface area contributed by atoms with Crippen LogP contribution in [0, 0.1) is 0 Å². The zero-order valence-electron chi connectivity index (χ0n) is 13.7. The molecule has 0 radical (unpaired) electrons. The first-order valence-corrected chi connectivity index (χ1v) is 6.66. The van der Waals surface area contributed by atoms with Crippen molar-refractivity contribution < 1.29 is 23.9 Å². The summed E-state index contributed by atoms with van der Waals surface area (Å²) in [6, 6.07) is 0. The number of nitrogens with one attached hydrogen (secondary N) is 1. The van der Waals surface area contributed by atoms with E-state index < -0.39 is 11.9 Å². The standard InChI is InChI=1S/C13H24N4O5/c1-14-6-10(18)15(2)7-11(19)16(3)8-12(20)17(4)9-13(21)22-5/h14H,6-9H2,1-5H3. The van der Waals surface area contributed by atoms with Crippen molar-refractivity contribution in [3.63, 3.8) is 0 Å². The Morgan fingerprint density at radius 1 is 0.818 bits per heavy atom. The van der Waals surface area contributed by atoms with Crippen LogP contribution in [0.4, 0.5) is 0 Å². The van der Waals surface area contributed by atoms with Crippen LogP contribution in [-0.2, 0) is 23.9 Å². The van der Waals surface area contributed by atoms with Gasteiger partial charge in [-0.2, -0.15) is 0 Å². The van der Waals surface area contributed by atoms with Crippen LogP contribution in [0.15, 0.2) is 0 Å². The van der Waals surface area contributed by atoms with Gasteiger partial charge in [-0.1, -0.05) is 0 Å². The fourth-order valence-corrected chi connectivity index (χ4v) is 1.46. The monoisotopic (exact) mass is 316 g/mol. The highest BCUT2D eigenvalue weighted by Gasteiger charge is 2.20. The molecule has 0 atom stereocenters. The number of hydrogen-bond donors (Lipinski definition) is 1. The van der Waals surface area contributed by atoms with Crippen molar-refractivity contribution in [2.24, 2.45) is 0 Å². The molecular weight excluding hydrogens is 292 g/mol. The van der Waals surface area contributed by atoms with E-state index in [0.29, 0.717) is 0 Å². The first kappa shape index (κ1) is 19.8. The van der Waals surface area contributed by atoms with Gasteiger partial charge in [0.15, 0.2) is 0 Å². The minimum absolute atomic E-state index is 0.120. The van der Waals surface area contributed by atoms with Gasteiger partial charge in [-0.3, -0.25) is 19.2 Å². The maximum Gasteiger partial charge on any atom is 0.325 e. The third-order valence-corrected chi connectivity index (χ3v) is 2.94. The van der Waals surface area contributed by atoms with E-state index in [0.717, 1.165) is 0 Å². The number of likely N-dealkylation sites (N-methyl/N-ethyl adjacent to an activating group) is 4. The Balaban J connectivity index is 4.37. The number of hydrogen-bond acceptors (Lipinski definition) is 6. The molecule has 0 aromatic rings. The smallest absolute Gasteiger partial charge is 0.325 e. The molecule has 0 aliphatic rings. The summed E-state index contributed by atoms with van der Waals surface area (Å²) in [4.78, 5) is 50.1. The van der Waals surface area contributed by atoms with Crippen molar-refractivity contribution in [3.05, 3.63) is 0 Å². The second-order valence-corrected chi connectivity index (χ2v) is 4.86. The van der Waals surface area contributed by atoms with Crippen LogP contribution in [0.5, 0.6) is 0 Å². The molecule has 9 heteroatoms. The van der Waals surface area contributed by atoms with Gasteiger partial charge in [0.25, 0.3) is 0 Å². The first-order valence-electron chi connectivity index (χ1n) is 6.66. The topological polar surface area (TPSA) is 99.3 Å². The summed E-state index contributed by atoms with van der Waals surface area (Å²) in [7, 11) is 7.28. The van der Waals surface area contributed by atoms with Crippen LogP contribution in [0.2, 0.25) is 0 Å². The summed E-state index contributed by atoms with van der Waals surface area (Å²) in [5, 5.41) is 2.70. The van der Waals surface area contributed by atoms with Crippen LogP contribution in [0.3, 0.4) is 0 Å². The molecule has 0 saturated carbocycles. The Morgan fingerprint density at radius 3 is 1.64 bits per heavy atom. The summed E-state index contributed by atoms with van der Waals surface area (Å²) >= 11 is 0. The van der Waals surface area contributed by atoms with Crippen LogP contribution >= 0.6 is 0 Å². The molecule has 3 amide bonds. The number of amides is 3. The highest BCUT2D eigenvalue weighted by molar-refractivity contribution is 5.89. The van der Waals surface area contributed by atoms with Gasteiger partial charge in [0, 0.05) is 21.1 Å². The third-order valence-electron chi connectivity index (χ3n) is 2.94. The Labute approximate surface area is 130 Å². The fraction of sp³-hybridized carbons (Fsp3) is 0.692. The average Bonchev–Trinajstić information content (AvgIpc) is 2.46. The Bertz CT molecular complexity index is 427. The maximum atomic E-state index is 11.9. The van der Waals surface area contributed by atoms with Crippen molar-refractivity contribution in [1.82, 2.24) is 20.0 Å². The average molecular weight is 316 g/mol. The van der Waals surface area contributed by atoms with Gasteiger partial charge in [-0.15, -0.1) is 0 Å². The van der Waals surface area contributed by atoms with Crippen molar-refractivity contribution in [3.8, 4) is 0 Å². The van der Waals surface area contributed by atoms with Crippen LogP contribution in [-0.4, -0.2) is 99.9 Å². The highest BCUT2D eigenvalue weighted by atomic mass is 16.5. The lowest BCUT2D eigenvalue weighted by molar-refractivity contribution is -0.147. The van der Waals surface area contributed by atoms with Crippen LogP contribution in [0.1, 0.15) is 0 Å². The molecule has 0 unspecified atom stereocenters. The molecule has 1 N–H and O–H groups in total. The molecule has 0 bridgehead atoms. The van der Waals surface area contributed by atoms with Crippen molar-refractivity contribution in [2.45, 2.75) is 0 Å². The lowest BCUT2D eigenvalue weighted by Crippen LogP contribution is -2.46. The number of nitrogens with zero attached hydrogens (tertiary/aromatic N) is 3. The second-order valence-electron chi connectivity index (χ2n) is 4.86. The first-order chi connectivity index (χ1) is 10.2. The molecule has 0 rings (SSSR count). The lowest BCUT2D eigenvalue weighted by Gasteiger charge is -2.23. The molecule has 0 fully saturated rings. The van der Waals surface area contributed by atoms with E-state index in [-0.39, 0.29) is 38.0 Å². The minimum atomic E-state index is -0.540. The number of ether oxygens (including phenoxy) is 1. The van der Waals surface area contributed by atoms with E-state index in [1.807, 2.05) is 0 Å². The van der Waals surface area contributed by atoms with E-state index >= 15 is 0 Å². The van der Waals surface area contributed by atoms with Gasteiger partial charge < -0.3 is 24.8 Å². The molecule has 126 valence electrons. The largest absolute Gasteiger partial charge is 0.468 e. The SMILES string of the molecule is CNCC(=O)N(C)CC(=O)N(C)CC(=O)N(C)CC(=O)OC. The van der Waals surface area contributed by atoms with Crippen LogP contribution < -0.4 is 5.32 Å². The Hall–Kier alpha value is -2.16. The van der Waals surface area contributed by atoms with Crippen molar-refractivity contribution in [2.75, 3.05) is 61.5 Å². The Morgan fingerprint density at radius 2 is 1.23 bits per heavy atom. The summed E-state index contributed by atoms with van der Waals surface area (Å²) in [5.74, 6) is -1.53. The summed E-state index contributed by atoms with van der Waals surface area (Å²) in [6.07, 6.45) is 0. The molecule has 0 aromatic heterocycles. The zero-order chi connectivity index (χ0) is 17.3. The summed E-state index contributed by atoms with van der Waals surface area (Å²) < 4.78 is 4.46. The molecule has 9 nitrogen and oxygen atoms in total. The summed E-state index contributed by atoms with van der Waals surface area (Å²) in [6.45, 7) is -0.350. The van der Waals surface area contributed by atoms with Crippen molar-refractivity contribution >= 4 is 23.7 Å². The van der Waals surface area contributed by atoms with E-state index in [1.54, 1.807) is 7.05 Å². The molecule has 0 spiro atoms. The van der Waals surface area contributed by atoms with E-state index in [4.69, 9.17) is 0 Å². The highest BCUT2D eigenvalue weighted by Crippen LogP contribution is 1.94. The zero-order valence-corrected chi connectivity index (χ0v) is 13.7. The predicted molar refractivity (Wildman–Crippen MR) is 78.9 cm³/mol. The number of methoxy groups -OCH3 is 1. The van der Waals surface area contributed by atoms with Gasteiger partial charge >= 0.3 is 5.97 Å². The van der Waals surface area contributed by atoms with E-state index in [2.05, 4.69) is 10.1 Å². The van der Waals surface area contributed by atoms with E-state index in [9.17, 15) is 19.2 Å². The molecule has 0 aromatic carbocycles. The molecule has 0 aliphatic heterocycles. The maximum absolute atomic E-state index is 11.9. The van der Waals surface area contributed by atoms with Gasteiger partial charge in [0.1, 0.15) is 6.54 Å². The van der Waals surface area contributed by atoms with Gasteiger partial charge in [0.2, 0.25) is 17.7 Å². The van der Waals surface area contributed by atoms with Gasteiger partial charge in [0.05, 0.1) is 26.7 Å². The second kappa shape index (κ2) is 9.72. The molecule has 22 heavy (non-hydrogen) atoms.